The second kappa shape index (κ2) is 7.39. The standard InChI is InChI=1S/C20H16F2N6O2/c1-12-9-26(11-23-12)18-5-3-14(7-16(18)21)25-20-24-13(2)10-27(20)19-6-4-15(28(29)30)8-17(19)22/h3-11H,1-2H3,(H,24,25). The van der Waals surface area contributed by atoms with Gasteiger partial charge in [0.25, 0.3) is 5.69 Å². The SMILES string of the molecule is Cc1cn(-c2ccc(Nc3nc(C)cn3-c3ccc([N+](=O)[O-])cc3F)cc2F)cn1. The molecule has 1 N–H and O–H groups in total. The van der Waals surface area contributed by atoms with Gasteiger partial charge in [0.15, 0.2) is 5.82 Å². The predicted octanol–water partition coefficient (Wildman–Crippen LogP) is 4.60. The summed E-state index contributed by atoms with van der Waals surface area (Å²) in [5, 5.41) is 13.8. The van der Waals surface area contributed by atoms with Crippen LogP contribution in [0.2, 0.25) is 0 Å². The number of aromatic nitrogens is 4. The van der Waals surface area contributed by atoms with Crippen molar-refractivity contribution in [2.24, 2.45) is 0 Å². The van der Waals surface area contributed by atoms with Crippen LogP contribution in [0.3, 0.4) is 0 Å². The molecule has 0 spiro atoms. The Morgan fingerprint density at radius 2 is 1.73 bits per heavy atom. The maximum Gasteiger partial charge on any atom is 0.272 e. The molecular weight excluding hydrogens is 394 g/mol. The number of rotatable bonds is 5. The molecule has 4 rings (SSSR count). The first kappa shape index (κ1) is 19.2. The van der Waals surface area contributed by atoms with E-state index < -0.39 is 16.6 Å². The fraction of sp³-hybridized carbons (Fsp3) is 0.100. The number of nitrogens with zero attached hydrogens (tertiary/aromatic N) is 5. The number of nitro benzene ring substituents is 1. The number of aryl methyl sites for hydroxylation is 2. The van der Waals surface area contributed by atoms with Crippen LogP contribution in [0.1, 0.15) is 11.4 Å². The highest BCUT2D eigenvalue weighted by Gasteiger charge is 2.16. The number of halogens is 2. The maximum absolute atomic E-state index is 14.6. The van der Waals surface area contributed by atoms with Gasteiger partial charge in [-0.15, -0.1) is 0 Å². The van der Waals surface area contributed by atoms with Crippen molar-refractivity contribution in [2.45, 2.75) is 13.8 Å². The summed E-state index contributed by atoms with van der Waals surface area (Å²) in [5.41, 5.74) is 1.81. The Kier molecular flexibility index (Phi) is 4.74. The van der Waals surface area contributed by atoms with Gasteiger partial charge in [-0.2, -0.15) is 0 Å². The summed E-state index contributed by atoms with van der Waals surface area (Å²) in [6, 6.07) is 7.89. The molecule has 0 amide bonds. The van der Waals surface area contributed by atoms with Gasteiger partial charge in [-0.1, -0.05) is 0 Å². The minimum absolute atomic E-state index is 0.0784. The molecule has 4 aromatic rings. The number of nitro groups is 1. The molecule has 0 bridgehead atoms. The zero-order valence-corrected chi connectivity index (χ0v) is 16.0. The average Bonchev–Trinajstić information content (AvgIpc) is 3.27. The minimum atomic E-state index is -0.776. The van der Waals surface area contributed by atoms with E-state index in [1.54, 1.807) is 36.0 Å². The Morgan fingerprint density at radius 1 is 1.00 bits per heavy atom. The molecule has 0 saturated heterocycles. The zero-order valence-electron chi connectivity index (χ0n) is 16.0. The predicted molar refractivity (Wildman–Crippen MR) is 106 cm³/mol. The van der Waals surface area contributed by atoms with E-state index in [4.69, 9.17) is 0 Å². The summed E-state index contributed by atoms with van der Waals surface area (Å²) in [6.07, 6.45) is 4.80. The fourth-order valence-electron chi connectivity index (χ4n) is 3.05. The van der Waals surface area contributed by atoms with Crippen LogP contribution in [0, 0.1) is 35.6 Å². The molecule has 10 heteroatoms. The summed E-state index contributed by atoms with van der Waals surface area (Å²) in [5.74, 6) is -1.01. The van der Waals surface area contributed by atoms with Gasteiger partial charge in [-0.25, -0.2) is 18.7 Å². The topological polar surface area (TPSA) is 90.8 Å². The number of benzene rings is 2. The number of imidazole rings is 2. The first-order valence-electron chi connectivity index (χ1n) is 8.89. The largest absolute Gasteiger partial charge is 0.325 e. The molecule has 2 heterocycles. The minimum Gasteiger partial charge on any atom is -0.325 e. The summed E-state index contributed by atoms with van der Waals surface area (Å²) >= 11 is 0. The third kappa shape index (κ3) is 3.62. The Morgan fingerprint density at radius 3 is 2.37 bits per heavy atom. The number of hydrogen-bond acceptors (Lipinski definition) is 5. The Labute approximate surface area is 169 Å². The molecule has 2 aromatic heterocycles. The van der Waals surface area contributed by atoms with Crippen molar-refractivity contribution in [3.05, 3.63) is 88.3 Å². The summed E-state index contributed by atoms with van der Waals surface area (Å²) < 4.78 is 32.1. The van der Waals surface area contributed by atoms with Gasteiger partial charge in [-0.3, -0.25) is 14.7 Å². The summed E-state index contributed by atoms with van der Waals surface area (Å²) in [4.78, 5) is 18.6. The molecule has 0 atom stereocenters. The van der Waals surface area contributed by atoms with Crippen molar-refractivity contribution < 1.29 is 13.7 Å². The highest BCUT2D eigenvalue weighted by molar-refractivity contribution is 5.59. The van der Waals surface area contributed by atoms with Crippen LogP contribution >= 0.6 is 0 Å². The molecule has 152 valence electrons. The highest BCUT2D eigenvalue weighted by Crippen LogP contribution is 2.26. The van der Waals surface area contributed by atoms with Gasteiger partial charge in [-0.05, 0) is 38.1 Å². The molecular formula is C20H16F2N6O2. The molecule has 0 saturated carbocycles. The molecule has 8 nitrogen and oxygen atoms in total. The molecule has 0 aliphatic heterocycles. The van der Waals surface area contributed by atoms with E-state index in [-0.39, 0.29) is 17.3 Å². The molecule has 0 aliphatic rings. The Bertz CT molecular complexity index is 1260. The second-order valence-electron chi connectivity index (χ2n) is 6.68. The second-order valence-corrected chi connectivity index (χ2v) is 6.68. The van der Waals surface area contributed by atoms with Crippen LogP contribution in [0.25, 0.3) is 11.4 Å². The monoisotopic (exact) mass is 410 g/mol. The van der Waals surface area contributed by atoms with Crippen molar-refractivity contribution in [2.75, 3.05) is 5.32 Å². The number of non-ortho nitro benzene ring substituents is 1. The van der Waals surface area contributed by atoms with E-state index >= 15 is 0 Å². The van der Waals surface area contributed by atoms with Gasteiger partial charge in [0.05, 0.1) is 40.1 Å². The lowest BCUT2D eigenvalue weighted by Gasteiger charge is -2.12. The molecule has 0 fully saturated rings. The molecule has 0 aliphatic carbocycles. The van der Waals surface area contributed by atoms with E-state index in [1.807, 2.05) is 6.92 Å². The number of anilines is 2. The van der Waals surface area contributed by atoms with Crippen molar-refractivity contribution in [3.63, 3.8) is 0 Å². The van der Waals surface area contributed by atoms with Gasteiger partial charge in [0.2, 0.25) is 5.95 Å². The molecule has 0 radical (unpaired) electrons. The third-order valence-corrected chi connectivity index (χ3v) is 4.42. The van der Waals surface area contributed by atoms with Gasteiger partial charge in [0.1, 0.15) is 5.82 Å². The Balaban J connectivity index is 1.67. The fourth-order valence-corrected chi connectivity index (χ4v) is 3.05. The normalized spacial score (nSPS) is 10.9. The summed E-state index contributed by atoms with van der Waals surface area (Å²) in [7, 11) is 0. The van der Waals surface area contributed by atoms with E-state index in [0.717, 1.165) is 11.8 Å². The van der Waals surface area contributed by atoms with Crippen LogP contribution < -0.4 is 5.32 Å². The first-order chi connectivity index (χ1) is 14.3. The van der Waals surface area contributed by atoms with Crippen LogP contribution in [0.15, 0.2) is 55.1 Å². The van der Waals surface area contributed by atoms with Crippen LogP contribution in [0.5, 0.6) is 0 Å². The van der Waals surface area contributed by atoms with E-state index in [0.29, 0.717) is 17.1 Å². The lowest BCUT2D eigenvalue weighted by Crippen LogP contribution is -2.04. The highest BCUT2D eigenvalue weighted by atomic mass is 19.1. The van der Waals surface area contributed by atoms with Gasteiger partial charge >= 0.3 is 0 Å². The van der Waals surface area contributed by atoms with Crippen LogP contribution in [0.4, 0.5) is 26.1 Å². The lowest BCUT2D eigenvalue weighted by molar-refractivity contribution is -0.385. The first-order valence-corrected chi connectivity index (χ1v) is 8.89. The zero-order chi connectivity index (χ0) is 21.4. The molecule has 30 heavy (non-hydrogen) atoms. The number of hydrogen-bond donors (Lipinski definition) is 1. The third-order valence-electron chi connectivity index (χ3n) is 4.42. The summed E-state index contributed by atoms with van der Waals surface area (Å²) in [6.45, 7) is 3.53. The van der Waals surface area contributed by atoms with Crippen molar-refractivity contribution in [1.82, 2.24) is 19.1 Å². The average molecular weight is 410 g/mol. The number of nitrogens with one attached hydrogen (secondary N) is 1. The smallest absolute Gasteiger partial charge is 0.272 e. The van der Waals surface area contributed by atoms with Crippen LogP contribution in [-0.2, 0) is 0 Å². The van der Waals surface area contributed by atoms with Gasteiger partial charge in [0, 0.05) is 24.1 Å². The quantitative estimate of drug-likeness (QED) is 0.383. The molecule has 0 unspecified atom stereocenters. The van der Waals surface area contributed by atoms with Crippen molar-refractivity contribution >= 4 is 17.3 Å². The molecule has 2 aromatic carbocycles. The lowest BCUT2D eigenvalue weighted by atomic mass is 10.2. The van der Waals surface area contributed by atoms with Crippen molar-refractivity contribution in [1.29, 1.82) is 0 Å². The Hall–Kier alpha value is -4.08. The van der Waals surface area contributed by atoms with E-state index in [2.05, 4.69) is 15.3 Å². The van der Waals surface area contributed by atoms with Crippen molar-refractivity contribution in [3.8, 4) is 11.4 Å². The van der Waals surface area contributed by atoms with Crippen LogP contribution in [-0.4, -0.2) is 24.0 Å². The van der Waals surface area contributed by atoms with Gasteiger partial charge < -0.3 is 9.88 Å². The van der Waals surface area contributed by atoms with E-state index in [9.17, 15) is 18.9 Å². The van der Waals surface area contributed by atoms with E-state index in [1.165, 1.54) is 29.1 Å². The maximum atomic E-state index is 14.6.